The minimum atomic E-state index is -0.0518. The minimum Gasteiger partial charge on any atom is -0.395 e. The lowest BCUT2D eigenvalue weighted by atomic mass is 10.1. The maximum atomic E-state index is 12.0. The molecule has 0 aromatic heterocycles. The number of carbonyl (C=O) groups is 1. The molecule has 0 radical (unpaired) electrons. The number of aliphatic hydroxyl groups excluding tert-OH is 1. The Kier molecular flexibility index (Phi) is 7.86. The van der Waals surface area contributed by atoms with E-state index in [0.29, 0.717) is 12.0 Å². The average Bonchev–Trinajstić information content (AvgIpc) is 2.46. The number of nitrogens with one attached hydrogen (secondary N) is 1. The van der Waals surface area contributed by atoms with E-state index < -0.39 is 0 Å². The summed E-state index contributed by atoms with van der Waals surface area (Å²) in [5.74, 6) is 7.72. The van der Waals surface area contributed by atoms with Crippen LogP contribution in [0, 0.1) is 11.8 Å². The van der Waals surface area contributed by atoms with Gasteiger partial charge in [-0.3, -0.25) is 4.79 Å². The van der Waals surface area contributed by atoms with E-state index in [2.05, 4.69) is 24.1 Å². The number of hydrogen-bond acceptors (Lipinski definition) is 3. The molecule has 0 aliphatic rings. The monoisotopic (exact) mass is 291 g/mol. The highest BCUT2D eigenvalue weighted by Gasteiger charge is 2.09. The molecule has 1 amide bonds. The molecule has 3 nitrogen and oxygen atoms in total. The lowest BCUT2D eigenvalue weighted by Crippen LogP contribution is -2.34. The highest BCUT2D eigenvalue weighted by Crippen LogP contribution is 2.06. The SMILES string of the molecule is CCSCC(C)NC(=O)c1ccc(C#CCCO)cc1. The summed E-state index contributed by atoms with van der Waals surface area (Å²) in [6, 6.07) is 7.36. The minimum absolute atomic E-state index is 0.0518. The molecule has 0 fully saturated rings. The van der Waals surface area contributed by atoms with E-state index in [4.69, 9.17) is 5.11 Å². The Bertz CT molecular complexity index is 473. The highest BCUT2D eigenvalue weighted by molar-refractivity contribution is 7.99. The zero-order chi connectivity index (χ0) is 14.8. The van der Waals surface area contributed by atoms with E-state index in [0.717, 1.165) is 17.1 Å². The van der Waals surface area contributed by atoms with Crippen LogP contribution in [-0.2, 0) is 0 Å². The van der Waals surface area contributed by atoms with E-state index >= 15 is 0 Å². The van der Waals surface area contributed by atoms with Crippen molar-refractivity contribution in [3.05, 3.63) is 35.4 Å². The van der Waals surface area contributed by atoms with Crippen molar-refractivity contribution in [2.45, 2.75) is 26.3 Å². The van der Waals surface area contributed by atoms with Crippen LogP contribution in [0.25, 0.3) is 0 Å². The molecule has 1 unspecified atom stereocenters. The summed E-state index contributed by atoms with van der Waals surface area (Å²) in [7, 11) is 0. The van der Waals surface area contributed by atoms with Crippen LogP contribution < -0.4 is 5.32 Å². The number of aliphatic hydroxyl groups is 1. The van der Waals surface area contributed by atoms with Crippen molar-refractivity contribution in [3.63, 3.8) is 0 Å². The lowest BCUT2D eigenvalue weighted by molar-refractivity contribution is 0.0944. The molecule has 1 aromatic rings. The van der Waals surface area contributed by atoms with E-state index in [-0.39, 0.29) is 18.6 Å². The molecule has 0 aliphatic heterocycles. The van der Waals surface area contributed by atoms with Crippen LogP contribution in [0.4, 0.5) is 0 Å². The number of hydrogen-bond donors (Lipinski definition) is 2. The van der Waals surface area contributed by atoms with Gasteiger partial charge < -0.3 is 10.4 Å². The fraction of sp³-hybridized carbons (Fsp3) is 0.438. The van der Waals surface area contributed by atoms with Crippen molar-refractivity contribution >= 4 is 17.7 Å². The van der Waals surface area contributed by atoms with Crippen LogP contribution >= 0.6 is 11.8 Å². The molecule has 108 valence electrons. The van der Waals surface area contributed by atoms with Crippen LogP contribution in [0.3, 0.4) is 0 Å². The molecule has 20 heavy (non-hydrogen) atoms. The van der Waals surface area contributed by atoms with Gasteiger partial charge in [0.2, 0.25) is 0 Å². The molecular weight excluding hydrogens is 270 g/mol. The first-order chi connectivity index (χ1) is 9.67. The Hall–Kier alpha value is -1.44. The second-order valence-electron chi connectivity index (χ2n) is 4.39. The molecule has 1 aromatic carbocycles. The van der Waals surface area contributed by atoms with Crippen molar-refractivity contribution in [3.8, 4) is 11.8 Å². The molecule has 0 aliphatic carbocycles. The van der Waals surface area contributed by atoms with Gasteiger partial charge in [0.25, 0.3) is 5.91 Å². The number of carbonyl (C=O) groups excluding carboxylic acids is 1. The Balaban J connectivity index is 2.55. The molecule has 0 bridgehead atoms. The maximum absolute atomic E-state index is 12.0. The Morgan fingerprint density at radius 3 is 2.70 bits per heavy atom. The van der Waals surface area contributed by atoms with Crippen LogP contribution in [0.1, 0.15) is 36.2 Å². The largest absolute Gasteiger partial charge is 0.395 e. The lowest BCUT2D eigenvalue weighted by Gasteiger charge is -2.13. The number of benzene rings is 1. The van der Waals surface area contributed by atoms with Crippen molar-refractivity contribution in [1.82, 2.24) is 5.32 Å². The van der Waals surface area contributed by atoms with Crippen LogP contribution in [0.15, 0.2) is 24.3 Å². The first-order valence-electron chi connectivity index (χ1n) is 6.75. The smallest absolute Gasteiger partial charge is 0.251 e. The normalized spacial score (nSPS) is 11.3. The van der Waals surface area contributed by atoms with Crippen molar-refractivity contribution in [1.29, 1.82) is 0 Å². The summed E-state index contributed by atoms with van der Waals surface area (Å²) < 4.78 is 0. The molecule has 1 atom stereocenters. The van der Waals surface area contributed by atoms with Gasteiger partial charge in [0.15, 0.2) is 0 Å². The number of amides is 1. The van der Waals surface area contributed by atoms with Crippen LogP contribution in [-0.4, -0.2) is 35.2 Å². The van der Waals surface area contributed by atoms with Gasteiger partial charge in [0.05, 0.1) is 6.61 Å². The third-order valence-electron chi connectivity index (χ3n) is 2.57. The van der Waals surface area contributed by atoms with E-state index in [9.17, 15) is 4.79 Å². The second-order valence-corrected chi connectivity index (χ2v) is 5.71. The van der Waals surface area contributed by atoms with Gasteiger partial charge in [-0.05, 0) is 36.9 Å². The van der Waals surface area contributed by atoms with Crippen LogP contribution in [0.2, 0.25) is 0 Å². The van der Waals surface area contributed by atoms with E-state index in [1.807, 2.05) is 30.8 Å². The summed E-state index contributed by atoms with van der Waals surface area (Å²) in [5.41, 5.74) is 1.50. The third kappa shape index (κ3) is 6.14. The molecule has 1 rings (SSSR count). The molecule has 4 heteroatoms. The predicted octanol–water partition coefficient (Wildman–Crippen LogP) is 2.29. The molecule has 0 saturated carbocycles. The molecule has 0 spiro atoms. The standard InChI is InChI=1S/C16H21NO2S/c1-3-20-12-13(2)17-16(19)15-9-7-14(8-10-15)6-4-5-11-18/h7-10,13,18H,3,5,11-12H2,1-2H3,(H,17,19). The zero-order valence-electron chi connectivity index (χ0n) is 12.0. The van der Waals surface area contributed by atoms with Gasteiger partial charge in [0.1, 0.15) is 0 Å². The topological polar surface area (TPSA) is 49.3 Å². The molecular formula is C16H21NO2S. The molecule has 0 heterocycles. The van der Waals surface area contributed by atoms with E-state index in [1.54, 1.807) is 12.1 Å². The first-order valence-corrected chi connectivity index (χ1v) is 7.91. The highest BCUT2D eigenvalue weighted by atomic mass is 32.2. The first kappa shape index (κ1) is 16.6. The number of thioether (sulfide) groups is 1. The molecule has 2 N–H and O–H groups in total. The van der Waals surface area contributed by atoms with Gasteiger partial charge in [0, 0.05) is 29.3 Å². The fourth-order valence-corrected chi connectivity index (χ4v) is 2.24. The number of rotatable bonds is 6. The van der Waals surface area contributed by atoms with Crippen molar-refractivity contribution in [2.24, 2.45) is 0 Å². The Morgan fingerprint density at radius 2 is 2.10 bits per heavy atom. The van der Waals surface area contributed by atoms with E-state index in [1.165, 1.54) is 0 Å². The van der Waals surface area contributed by atoms with Gasteiger partial charge in [-0.1, -0.05) is 18.8 Å². The summed E-state index contributed by atoms with van der Waals surface area (Å²) in [5, 5.41) is 11.6. The quantitative estimate of drug-likeness (QED) is 0.791. The Labute approximate surface area is 125 Å². The maximum Gasteiger partial charge on any atom is 0.251 e. The fourth-order valence-electron chi connectivity index (χ4n) is 1.57. The van der Waals surface area contributed by atoms with Crippen molar-refractivity contribution in [2.75, 3.05) is 18.1 Å². The average molecular weight is 291 g/mol. The van der Waals surface area contributed by atoms with Gasteiger partial charge in [-0.2, -0.15) is 11.8 Å². The predicted molar refractivity (Wildman–Crippen MR) is 85.0 cm³/mol. The zero-order valence-corrected chi connectivity index (χ0v) is 12.8. The summed E-state index contributed by atoms with van der Waals surface area (Å²) in [4.78, 5) is 12.0. The summed E-state index contributed by atoms with van der Waals surface area (Å²) in [6.45, 7) is 4.19. The Morgan fingerprint density at radius 1 is 1.40 bits per heavy atom. The van der Waals surface area contributed by atoms with Crippen molar-refractivity contribution < 1.29 is 9.90 Å². The van der Waals surface area contributed by atoms with Crippen LogP contribution in [0.5, 0.6) is 0 Å². The second kappa shape index (κ2) is 9.46. The third-order valence-corrected chi connectivity index (χ3v) is 3.71. The van der Waals surface area contributed by atoms with Gasteiger partial charge in [-0.15, -0.1) is 0 Å². The van der Waals surface area contributed by atoms with Gasteiger partial charge >= 0.3 is 0 Å². The van der Waals surface area contributed by atoms with Gasteiger partial charge in [-0.25, -0.2) is 0 Å². The molecule has 0 saturated heterocycles. The summed E-state index contributed by atoms with van der Waals surface area (Å²) >= 11 is 1.81. The summed E-state index contributed by atoms with van der Waals surface area (Å²) in [6.07, 6.45) is 0.467.